The van der Waals surface area contributed by atoms with Crippen LogP contribution in [0.5, 0.6) is 0 Å². The van der Waals surface area contributed by atoms with Gasteiger partial charge in [-0.3, -0.25) is 0 Å². The smallest absolute Gasteiger partial charge is 0.240 e. The third-order valence-corrected chi connectivity index (χ3v) is 5.80. The second-order valence-electron chi connectivity index (χ2n) is 7.41. The Kier molecular flexibility index (Phi) is 4.54. The fourth-order valence-corrected chi connectivity index (χ4v) is 4.19. The molecule has 0 amide bonds. The minimum atomic E-state index is 0.404. The highest BCUT2D eigenvalue weighted by atomic mass is 79.9. The number of rotatable bonds is 4. The highest BCUT2D eigenvalue weighted by molar-refractivity contribution is 9.10. The molecule has 154 valence electrons. The Balaban J connectivity index is 1.44. The van der Waals surface area contributed by atoms with E-state index in [2.05, 4.69) is 42.8 Å². The van der Waals surface area contributed by atoms with Gasteiger partial charge in [0.2, 0.25) is 11.8 Å². The van der Waals surface area contributed by atoms with Crippen LogP contribution in [0.15, 0.2) is 81.7 Å². The lowest BCUT2D eigenvalue weighted by Crippen LogP contribution is -2.01. The van der Waals surface area contributed by atoms with Crippen LogP contribution in [-0.4, -0.2) is 24.7 Å². The Morgan fingerprint density at radius 3 is 2.47 bits per heavy atom. The van der Waals surface area contributed by atoms with E-state index in [1.165, 1.54) is 0 Å². The number of hydrogen-bond acceptors (Lipinski definition) is 5. The van der Waals surface area contributed by atoms with Crippen molar-refractivity contribution in [2.45, 2.75) is 6.54 Å². The summed E-state index contributed by atoms with van der Waals surface area (Å²) in [5.74, 6) is 0.971. The van der Waals surface area contributed by atoms with E-state index < -0.39 is 0 Å². The highest BCUT2D eigenvalue weighted by Gasteiger charge is 2.17. The molecule has 0 unspecified atom stereocenters. The van der Waals surface area contributed by atoms with Gasteiger partial charge in [0.05, 0.1) is 16.6 Å². The van der Waals surface area contributed by atoms with Crippen LogP contribution >= 0.6 is 15.9 Å². The Morgan fingerprint density at radius 2 is 1.62 bits per heavy atom. The topological polar surface area (TPSA) is 69.6 Å². The molecule has 7 heteroatoms. The minimum Gasteiger partial charge on any atom is -0.419 e. The van der Waals surface area contributed by atoms with Gasteiger partial charge in [0, 0.05) is 15.9 Å². The standard InChI is InChI=1S/C25H16BrN5O/c26-17-11-12-21-18(14-17)24-25(28-20-9-5-4-8-19(20)27-24)31(21)15-23-30-29-22(32-23)13-10-16-6-2-1-3-7-16/h1-14H,15H2/b13-10+. The quantitative estimate of drug-likeness (QED) is 0.304. The van der Waals surface area contributed by atoms with Crippen molar-refractivity contribution in [1.29, 1.82) is 0 Å². The van der Waals surface area contributed by atoms with Gasteiger partial charge in [-0.05, 0) is 42.0 Å². The monoisotopic (exact) mass is 481 g/mol. The molecule has 32 heavy (non-hydrogen) atoms. The van der Waals surface area contributed by atoms with Crippen molar-refractivity contribution in [2.75, 3.05) is 0 Å². The summed E-state index contributed by atoms with van der Waals surface area (Å²) in [5, 5.41) is 9.45. The third-order valence-electron chi connectivity index (χ3n) is 5.31. The van der Waals surface area contributed by atoms with Gasteiger partial charge < -0.3 is 8.98 Å². The third kappa shape index (κ3) is 3.36. The van der Waals surface area contributed by atoms with E-state index in [4.69, 9.17) is 14.4 Å². The molecular formula is C25H16BrN5O. The summed E-state index contributed by atoms with van der Waals surface area (Å²) in [4.78, 5) is 9.80. The molecule has 6 aromatic rings. The number of hydrogen-bond donors (Lipinski definition) is 0. The zero-order valence-corrected chi connectivity index (χ0v) is 18.4. The van der Waals surface area contributed by atoms with Gasteiger partial charge in [-0.1, -0.05) is 58.4 Å². The summed E-state index contributed by atoms with van der Waals surface area (Å²) in [7, 11) is 0. The molecule has 0 saturated heterocycles. The number of aromatic nitrogens is 5. The molecule has 0 bridgehead atoms. The van der Waals surface area contributed by atoms with Crippen LogP contribution < -0.4 is 0 Å². The molecule has 0 radical (unpaired) electrons. The van der Waals surface area contributed by atoms with Crippen LogP contribution in [0.1, 0.15) is 17.3 Å². The summed E-state index contributed by atoms with van der Waals surface area (Å²) in [6.45, 7) is 0.404. The summed E-state index contributed by atoms with van der Waals surface area (Å²) >= 11 is 3.58. The lowest BCUT2D eigenvalue weighted by atomic mass is 10.2. The first-order valence-electron chi connectivity index (χ1n) is 10.1. The fraction of sp³-hybridized carbons (Fsp3) is 0.0400. The van der Waals surface area contributed by atoms with Gasteiger partial charge in [-0.15, -0.1) is 10.2 Å². The predicted octanol–water partition coefficient (Wildman–Crippen LogP) is 6.10. The summed E-state index contributed by atoms with van der Waals surface area (Å²) < 4.78 is 8.97. The molecule has 0 fully saturated rings. The van der Waals surface area contributed by atoms with Gasteiger partial charge in [-0.25, -0.2) is 9.97 Å². The Morgan fingerprint density at radius 1 is 0.844 bits per heavy atom. The number of benzene rings is 3. The van der Waals surface area contributed by atoms with Gasteiger partial charge >= 0.3 is 0 Å². The van der Waals surface area contributed by atoms with Crippen LogP contribution in [0.4, 0.5) is 0 Å². The Labute approximate surface area is 191 Å². The second-order valence-corrected chi connectivity index (χ2v) is 8.33. The minimum absolute atomic E-state index is 0.404. The van der Waals surface area contributed by atoms with Crippen LogP contribution in [0, 0.1) is 0 Å². The summed E-state index contributed by atoms with van der Waals surface area (Å²) in [6, 6.07) is 24.0. The van der Waals surface area contributed by atoms with E-state index >= 15 is 0 Å². The number of para-hydroxylation sites is 2. The summed E-state index contributed by atoms with van der Waals surface area (Å²) in [5.41, 5.74) is 5.44. The molecular weight excluding hydrogens is 466 g/mol. The van der Waals surface area contributed by atoms with E-state index in [9.17, 15) is 0 Å². The van der Waals surface area contributed by atoms with Gasteiger partial charge in [-0.2, -0.15) is 0 Å². The van der Waals surface area contributed by atoms with Crippen LogP contribution in [0.3, 0.4) is 0 Å². The molecule has 6 nitrogen and oxygen atoms in total. The average Bonchev–Trinajstić information content (AvgIpc) is 3.39. The number of fused-ring (bicyclic) bond motifs is 4. The van der Waals surface area contributed by atoms with Crippen molar-refractivity contribution in [3.8, 4) is 0 Å². The first-order chi connectivity index (χ1) is 15.7. The Bertz CT molecular complexity index is 1620. The van der Waals surface area contributed by atoms with E-state index in [1.807, 2.05) is 72.8 Å². The van der Waals surface area contributed by atoms with Gasteiger partial charge in [0.15, 0.2) is 5.65 Å². The molecule has 3 aromatic carbocycles. The molecule has 3 heterocycles. The lowest BCUT2D eigenvalue weighted by Gasteiger charge is -2.04. The zero-order chi connectivity index (χ0) is 21.5. The van der Waals surface area contributed by atoms with E-state index in [-0.39, 0.29) is 0 Å². The lowest BCUT2D eigenvalue weighted by molar-refractivity contribution is 0.475. The van der Waals surface area contributed by atoms with Crippen molar-refractivity contribution in [2.24, 2.45) is 0 Å². The molecule has 0 aliphatic heterocycles. The van der Waals surface area contributed by atoms with E-state index in [0.717, 1.165) is 43.1 Å². The normalized spacial score (nSPS) is 11.9. The maximum absolute atomic E-state index is 5.90. The van der Waals surface area contributed by atoms with E-state index in [1.54, 1.807) is 0 Å². The van der Waals surface area contributed by atoms with Crippen LogP contribution in [-0.2, 0) is 6.54 Å². The SMILES string of the molecule is Brc1ccc2c(c1)c1nc3ccccc3nc1n2Cc1nnc(/C=C/c2ccccc2)o1. The largest absolute Gasteiger partial charge is 0.419 e. The molecule has 0 atom stereocenters. The number of halogens is 1. The maximum atomic E-state index is 5.90. The van der Waals surface area contributed by atoms with Crippen molar-refractivity contribution in [3.05, 3.63) is 94.6 Å². The second kappa shape index (κ2) is 7.69. The Hall–Kier alpha value is -3.84. The van der Waals surface area contributed by atoms with Crippen molar-refractivity contribution >= 4 is 61.2 Å². The predicted molar refractivity (Wildman–Crippen MR) is 129 cm³/mol. The molecule has 6 rings (SSSR count). The summed E-state index contributed by atoms with van der Waals surface area (Å²) in [6.07, 6.45) is 3.77. The van der Waals surface area contributed by atoms with Gasteiger partial charge in [0.25, 0.3) is 0 Å². The van der Waals surface area contributed by atoms with Crippen LogP contribution in [0.2, 0.25) is 0 Å². The first kappa shape index (κ1) is 18.9. The zero-order valence-electron chi connectivity index (χ0n) is 16.8. The van der Waals surface area contributed by atoms with Crippen molar-refractivity contribution < 1.29 is 4.42 Å². The molecule has 0 aliphatic carbocycles. The molecule has 0 aliphatic rings. The van der Waals surface area contributed by atoms with Crippen LogP contribution in [0.25, 0.3) is 45.3 Å². The average molecular weight is 482 g/mol. The maximum Gasteiger partial charge on any atom is 0.240 e. The molecule has 0 N–H and O–H groups in total. The molecule has 3 aromatic heterocycles. The van der Waals surface area contributed by atoms with E-state index in [0.29, 0.717) is 18.3 Å². The highest BCUT2D eigenvalue weighted by Crippen LogP contribution is 2.31. The molecule has 0 saturated carbocycles. The van der Waals surface area contributed by atoms with Crippen molar-refractivity contribution in [1.82, 2.24) is 24.7 Å². The molecule has 0 spiro atoms. The number of nitrogens with zero attached hydrogens (tertiary/aromatic N) is 5. The van der Waals surface area contributed by atoms with Crippen molar-refractivity contribution in [3.63, 3.8) is 0 Å². The first-order valence-corrected chi connectivity index (χ1v) is 10.9. The van der Waals surface area contributed by atoms with Gasteiger partial charge in [0.1, 0.15) is 12.1 Å². The fourth-order valence-electron chi connectivity index (χ4n) is 3.83.